The molecular formula is C15H20F2N2O. The lowest BCUT2D eigenvalue weighted by atomic mass is 9.97. The van der Waals surface area contributed by atoms with Gasteiger partial charge < -0.3 is 10.2 Å². The number of amides is 1. The first-order chi connectivity index (χ1) is 9.60. The Morgan fingerprint density at radius 2 is 2.25 bits per heavy atom. The predicted octanol–water partition coefficient (Wildman–Crippen LogP) is 1.97. The van der Waals surface area contributed by atoms with Gasteiger partial charge in [0, 0.05) is 18.7 Å². The number of nitrogens with zero attached hydrogens (tertiary/aromatic N) is 1. The van der Waals surface area contributed by atoms with E-state index in [-0.39, 0.29) is 17.9 Å². The number of rotatable bonds is 4. The van der Waals surface area contributed by atoms with Crippen molar-refractivity contribution in [2.75, 3.05) is 26.7 Å². The molecule has 1 aromatic rings. The minimum atomic E-state index is -0.525. The molecule has 20 heavy (non-hydrogen) atoms. The predicted molar refractivity (Wildman–Crippen MR) is 73.3 cm³/mol. The van der Waals surface area contributed by atoms with Crippen LogP contribution < -0.4 is 5.32 Å². The van der Waals surface area contributed by atoms with Crippen LogP contribution in [-0.2, 0) is 11.2 Å². The van der Waals surface area contributed by atoms with Crippen LogP contribution in [0.3, 0.4) is 0 Å². The Morgan fingerprint density at radius 1 is 1.45 bits per heavy atom. The minimum absolute atomic E-state index is 0.0735. The third-order valence-corrected chi connectivity index (χ3v) is 3.71. The summed E-state index contributed by atoms with van der Waals surface area (Å²) >= 11 is 0. The lowest BCUT2D eigenvalue weighted by molar-refractivity contribution is -0.132. The van der Waals surface area contributed by atoms with E-state index in [1.54, 1.807) is 4.90 Å². The number of likely N-dealkylation sites (tertiary alicyclic amines) is 1. The van der Waals surface area contributed by atoms with Crippen molar-refractivity contribution in [2.45, 2.75) is 19.3 Å². The van der Waals surface area contributed by atoms with E-state index in [9.17, 15) is 13.6 Å². The number of hydrogen-bond acceptors (Lipinski definition) is 2. The van der Waals surface area contributed by atoms with Gasteiger partial charge in [0.05, 0.1) is 6.42 Å². The van der Waals surface area contributed by atoms with Crippen LogP contribution in [0.25, 0.3) is 0 Å². The van der Waals surface area contributed by atoms with Gasteiger partial charge >= 0.3 is 0 Å². The van der Waals surface area contributed by atoms with Crippen molar-refractivity contribution >= 4 is 5.91 Å². The van der Waals surface area contributed by atoms with Gasteiger partial charge in [-0.2, -0.15) is 0 Å². The molecule has 1 N–H and O–H groups in total. The summed E-state index contributed by atoms with van der Waals surface area (Å²) in [6, 6.07) is 3.23. The Labute approximate surface area is 118 Å². The van der Waals surface area contributed by atoms with E-state index in [1.165, 1.54) is 0 Å². The molecule has 110 valence electrons. The summed E-state index contributed by atoms with van der Waals surface area (Å²) in [5, 5.41) is 3.12. The van der Waals surface area contributed by atoms with E-state index in [0.29, 0.717) is 19.0 Å². The van der Waals surface area contributed by atoms with E-state index in [2.05, 4.69) is 5.32 Å². The van der Waals surface area contributed by atoms with Gasteiger partial charge in [-0.25, -0.2) is 8.78 Å². The first kappa shape index (κ1) is 14.9. The quantitative estimate of drug-likeness (QED) is 0.915. The Balaban J connectivity index is 1.99. The fourth-order valence-electron chi connectivity index (χ4n) is 2.70. The van der Waals surface area contributed by atoms with Gasteiger partial charge in [0.15, 0.2) is 0 Å². The molecule has 0 unspecified atom stereocenters. The maximum atomic E-state index is 13.5. The summed E-state index contributed by atoms with van der Waals surface area (Å²) in [5.41, 5.74) is 0.130. The molecule has 0 radical (unpaired) electrons. The van der Waals surface area contributed by atoms with Crippen molar-refractivity contribution in [3.63, 3.8) is 0 Å². The van der Waals surface area contributed by atoms with E-state index in [4.69, 9.17) is 0 Å². The van der Waals surface area contributed by atoms with Crippen molar-refractivity contribution in [2.24, 2.45) is 5.92 Å². The summed E-state index contributed by atoms with van der Waals surface area (Å²) in [4.78, 5) is 14.0. The van der Waals surface area contributed by atoms with Gasteiger partial charge in [-0.1, -0.05) is 0 Å². The molecule has 0 aliphatic carbocycles. The summed E-state index contributed by atoms with van der Waals surface area (Å²) in [5.74, 6) is -0.727. The Bertz CT molecular complexity index is 477. The normalized spacial score (nSPS) is 19.1. The second kappa shape index (κ2) is 6.79. The number of benzene rings is 1. The largest absolute Gasteiger partial charge is 0.342 e. The molecule has 5 heteroatoms. The van der Waals surface area contributed by atoms with Crippen LogP contribution in [0, 0.1) is 17.6 Å². The average Bonchev–Trinajstić information content (AvgIpc) is 2.43. The first-order valence-electron chi connectivity index (χ1n) is 6.96. The highest BCUT2D eigenvalue weighted by Crippen LogP contribution is 2.18. The Morgan fingerprint density at radius 3 is 3.00 bits per heavy atom. The fourth-order valence-corrected chi connectivity index (χ4v) is 2.70. The second-order valence-electron chi connectivity index (χ2n) is 5.32. The number of hydrogen-bond donors (Lipinski definition) is 1. The molecular weight excluding hydrogens is 262 g/mol. The first-order valence-corrected chi connectivity index (χ1v) is 6.96. The molecule has 1 fully saturated rings. The topological polar surface area (TPSA) is 32.3 Å². The van der Waals surface area contributed by atoms with E-state index >= 15 is 0 Å². The van der Waals surface area contributed by atoms with Crippen LogP contribution in [0.5, 0.6) is 0 Å². The van der Waals surface area contributed by atoms with Crippen molar-refractivity contribution in [3.8, 4) is 0 Å². The van der Waals surface area contributed by atoms with Crippen molar-refractivity contribution in [1.29, 1.82) is 0 Å². The molecule has 1 aliphatic heterocycles. The summed E-state index contributed by atoms with van der Waals surface area (Å²) in [6.07, 6.45) is 1.98. The molecule has 2 rings (SSSR count). The number of halogens is 2. The Kier molecular flexibility index (Phi) is 5.06. The van der Waals surface area contributed by atoms with Crippen LogP contribution in [0.1, 0.15) is 18.4 Å². The molecule has 0 bridgehead atoms. The highest BCUT2D eigenvalue weighted by molar-refractivity contribution is 5.79. The number of carbonyl (C=O) groups is 1. The van der Waals surface area contributed by atoms with Crippen molar-refractivity contribution in [3.05, 3.63) is 35.4 Å². The molecule has 1 aliphatic rings. The fraction of sp³-hybridized carbons (Fsp3) is 0.533. The maximum Gasteiger partial charge on any atom is 0.227 e. The number of carbonyl (C=O) groups excluding carboxylic acids is 1. The Hall–Kier alpha value is -1.49. The van der Waals surface area contributed by atoms with Gasteiger partial charge in [-0.15, -0.1) is 0 Å². The molecule has 3 nitrogen and oxygen atoms in total. The number of nitrogens with one attached hydrogen (secondary N) is 1. The summed E-state index contributed by atoms with van der Waals surface area (Å²) in [7, 11) is 1.89. The molecule has 1 atom stereocenters. The van der Waals surface area contributed by atoms with Crippen LogP contribution >= 0.6 is 0 Å². The summed E-state index contributed by atoms with van der Waals surface area (Å²) in [6.45, 7) is 2.27. The van der Waals surface area contributed by atoms with Crippen molar-refractivity contribution < 1.29 is 13.6 Å². The highest BCUT2D eigenvalue weighted by atomic mass is 19.1. The molecule has 1 amide bonds. The molecule has 1 heterocycles. The zero-order chi connectivity index (χ0) is 14.5. The van der Waals surface area contributed by atoms with Gasteiger partial charge in [-0.3, -0.25) is 4.79 Å². The standard InChI is InChI=1S/C15H20F2N2O/c1-18-9-11-3-2-6-19(10-11)15(20)8-12-7-13(16)4-5-14(12)17/h4-5,7,11,18H,2-3,6,8-10H2,1H3/t11-/m1/s1. The van der Waals surface area contributed by atoms with Gasteiger partial charge in [0.25, 0.3) is 0 Å². The average molecular weight is 282 g/mol. The number of piperidine rings is 1. The lowest BCUT2D eigenvalue weighted by Gasteiger charge is -2.32. The lowest BCUT2D eigenvalue weighted by Crippen LogP contribution is -2.43. The third-order valence-electron chi connectivity index (χ3n) is 3.71. The monoisotopic (exact) mass is 282 g/mol. The molecule has 0 aromatic heterocycles. The third kappa shape index (κ3) is 3.76. The molecule has 0 saturated carbocycles. The molecule has 1 aromatic carbocycles. The van der Waals surface area contributed by atoms with Gasteiger partial charge in [-0.05, 0) is 50.6 Å². The van der Waals surface area contributed by atoms with Crippen LogP contribution in [0.15, 0.2) is 18.2 Å². The highest BCUT2D eigenvalue weighted by Gasteiger charge is 2.23. The van der Waals surface area contributed by atoms with E-state index in [0.717, 1.165) is 37.6 Å². The smallest absolute Gasteiger partial charge is 0.227 e. The summed E-state index contributed by atoms with van der Waals surface area (Å²) < 4.78 is 26.6. The van der Waals surface area contributed by atoms with Gasteiger partial charge in [0.1, 0.15) is 11.6 Å². The zero-order valence-corrected chi connectivity index (χ0v) is 11.7. The maximum absolute atomic E-state index is 13.5. The van der Waals surface area contributed by atoms with Crippen molar-refractivity contribution in [1.82, 2.24) is 10.2 Å². The van der Waals surface area contributed by atoms with E-state index in [1.807, 2.05) is 7.05 Å². The van der Waals surface area contributed by atoms with Crippen LogP contribution in [0.2, 0.25) is 0 Å². The SMILES string of the molecule is CNC[C@H]1CCCN(C(=O)Cc2cc(F)ccc2F)C1. The van der Waals surface area contributed by atoms with Gasteiger partial charge in [0.2, 0.25) is 5.91 Å². The molecule has 0 spiro atoms. The van der Waals surface area contributed by atoms with E-state index < -0.39 is 11.6 Å². The zero-order valence-electron chi connectivity index (χ0n) is 11.7. The minimum Gasteiger partial charge on any atom is -0.342 e. The van der Waals surface area contributed by atoms with Crippen LogP contribution in [0.4, 0.5) is 8.78 Å². The van der Waals surface area contributed by atoms with Crippen LogP contribution in [-0.4, -0.2) is 37.5 Å². The molecule has 1 saturated heterocycles. The second-order valence-corrected chi connectivity index (χ2v) is 5.32.